The van der Waals surface area contributed by atoms with E-state index in [9.17, 15) is 43.5 Å². The highest BCUT2D eigenvalue weighted by atomic mass is 32.2. The summed E-state index contributed by atoms with van der Waals surface area (Å²) in [5.74, 6) is -0.844. The van der Waals surface area contributed by atoms with Gasteiger partial charge in [-0.2, -0.15) is 18.4 Å². The number of nitro groups is 2. The first-order chi connectivity index (χ1) is 19.5. The van der Waals surface area contributed by atoms with Crippen LogP contribution in [0.3, 0.4) is 0 Å². The van der Waals surface area contributed by atoms with Crippen LogP contribution in [0, 0.1) is 31.6 Å². The van der Waals surface area contributed by atoms with Gasteiger partial charge in [0.1, 0.15) is 17.3 Å². The third kappa shape index (κ3) is 6.78. The SMILES string of the molecule is N#C/C(=C/c1ccc(Sc2nc(-c3ccccc3)cc(C(F)(F)F)n2)c([N+](=O)[O-])c1)C(=O)c1cccc([N+](=O)[O-])c1. The molecule has 0 aliphatic heterocycles. The van der Waals surface area contributed by atoms with Gasteiger partial charge in [0.25, 0.3) is 11.4 Å². The Hall–Kier alpha value is -5.42. The molecule has 4 aromatic rings. The smallest absolute Gasteiger partial charge is 0.288 e. The molecule has 0 fully saturated rings. The number of carbonyl (C=O) groups is 1. The number of alkyl halides is 3. The van der Waals surface area contributed by atoms with E-state index in [0.717, 1.165) is 24.3 Å². The molecule has 0 atom stereocenters. The first-order valence-electron chi connectivity index (χ1n) is 11.3. The third-order valence-electron chi connectivity index (χ3n) is 5.44. The Kier molecular flexibility index (Phi) is 8.20. The Morgan fingerprint density at radius 2 is 1.66 bits per heavy atom. The van der Waals surface area contributed by atoms with Crippen molar-refractivity contribution in [2.24, 2.45) is 0 Å². The number of allylic oxidation sites excluding steroid dienone is 1. The minimum absolute atomic E-state index is 0.0315. The lowest BCUT2D eigenvalue weighted by Gasteiger charge is -2.11. The first-order valence-corrected chi connectivity index (χ1v) is 12.2. The number of benzene rings is 3. The molecule has 0 spiro atoms. The van der Waals surface area contributed by atoms with Gasteiger partial charge in [0, 0.05) is 29.3 Å². The topological polar surface area (TPSA) is 153 Å². The lowest BCUT2D eigenvalue weighted by Crippen LogP contribution is -2.10. The van der Waals surface area contributed by atoms with E-state index >= 15 is 0 Å². The summed E-state index contributed by atoms with van der Waals surface area (Å²) in [5, 5.41) is 32.0. The Morgan fingerprint density at radius 3 is 2.29 bits per heavy atom. The molecule has 0 unspecified atom stereocenters. The summed E-state index contributed by atoms with van der Waals surface area (Å²) in [6.07, 6.45) is -3.74. The van der Waals surface area contributed by atoms with Crippen molar-refractivity contribution in [3.8, 4) is 17.3 Å². The highest BCUT2D eigenvalue weighted by Gasteiger charge is 2.34. The van der Waals surface area contributed by atoms with Gasteiger partial charge in [-0.3, -0.25) is 25.0 Å². The Bertz CT molecular complexity index is 1750. The summed E-state index contributed by atoms with van der Waals surface area (Å²) in [7, 11) is 0. The minimum Gasteiger partial charge on any atom is -0.288 e. The fourth-order valence-electron chi connectivity index (χ4n) is 3.56. The van der Waals surface area contributed by atoms with Crippen molar-refractivity contribution in [2.75, 3.05) is 0 Å². The zero-order chi connectivity index (χ0) is 29.7. The van der Waals surface area contributed by atoms with Crippen LogP contribution in [-0.2, 0) is 6.18 Å². The normalized spacial score (nSPS) is 11.5. The molecule has 41 heavy (non-hydrogen) atoms. The third-order valence-corrected chi connectivity index (χ3v) is 6.37. The molecule has 204 valence electrons. The predicted octanol–water partition coefficient (Wildman–Crippen LogP) is 6.92. The van der Waals surface area contributed by atoms with E-state index in [2.05, 4.69) is 9.97 Å². The monoisotopic (exact) mass is 577 g/mol. The summed E-state index contributed by atoms with van der Waals surface area (Å²) >= 11 is 0.542. The van der Waals surface area contributed by atoms with Crippen molar-refractivity contribution < 1.29 is 27.8 Å². The predicted molar refractivity (Wildman–Crippen MR) is 141 cm³/mol. The number of hydrogen-bond donors (Lipinski definition) is 0. The maximum atomic E-state index is 13.6. The van der Waals surface area contributed by atoms with Crippen LogP contribution in [0.1, 0.15) is 21.6 Å². The molecule has 1 heterocycles. The van der Waals surface area contributed by atoms with E-state index in [1.165, 1.54) is 30.3 Å². The summed E-state index contributed by atoms with van der Waals surface area (Å²) in [6.45, 7) is 0. The number of hydrogen-bond acceptors (Lipinski definition) is 9. The van der Waals surface area contributed by atoms with Crippen molar-refractivity contribution in [1.82, 2.24) is 9.97 Å². The molecule has 4 rings (SSSR count). The van der Waals surface area contributed by atoms with Crippen molar-refractivity contribution >= 4 is 35.0 Å². The second kappa shape index (κ2) is 11.8. The first kappa shape index (κ1) is 28.6. The minimum atomic E-state index is -4.80. The van der Waals surface area contributed by atoms with Crippen LogP contribution < -0.4 is 0 Å². The number of nitriles is 1. The molecule has 1 aromatic heterocycles. The molecule has 0 bridgehead atoms. The fourth-order valence-corrected chi connectivity index (χ4v) is 4.41. The standard InChI is InChI=1S/C27H14F3N5O5S/c28-27(29,30)24-14-21(17-5-2-1-3-6-17)32-26(33-24)41-23-10-9-16(12-22(23)35(39)40)11-19(15-31)25(36)18-7-4-8-20(13-18)34(37)38/h1-14H/b19-11-. The lowest BCUT2D eigenvalue weighted by molar-refractivity contribution is -0.387. The molecule has 10 nitrogen and oxygen atoms in total. The average molecular weight is 578 g/mol. The number of nitro benzene ring substituents is 2. The number of non-ortho nitro benzene ring substituents is 1. The highest BCUT2D eigenvalue weighted by Crippen LogP contribution is 2.37. The van der Waals surface area contributed by atoms with Crippen molar-refractivity contribution in [3.05, 3.63) is 121 Å². The van der Waals surface area contributed by atoms with E-state index in [4.69, 9.17) is 0 Å². The second-order valence-electron chi connectivity index (χ2n) is 8.18. The van der Waals surface area contributed by atoms with Crippen LogP contribution in [0.25, 0.3) is 17.3 Å². The van der Waals surface area contributed by atoms with E-state index in [-0.39, 0.29) is 32.6 Å². The molecule has 0 radical (unpaired) electrons. The average Bonchev–Trinajstić information content (AvgIpc) is 2.96. The molecule has 0 amide bonds. The quantitative estimate of drug-likeness (QED) is 0.0542. The number of halogens is 3. The number of Topliss-reactive ketones (excluding diaryl/α,β-unsaturated/α-hetero) is 1. The maximum absolute atomic E-state index is 13.6. The maximum Gasteiger partial charge on any atom is 0.433 e. The van der Waals surface area contributed by atoms with Gasteiger partial charge in [-0.1, -0.05) is 48.5 Å². The van der Waals surface area contributed by atoms with Crippen LogP contribution in [-0.4, -0.2) is 25.6 Å². The van der Waals surface area contributed by atoms with Gasteiger partial charge in [0.2, 0.25) is 5.78 Å². The number of nitrogens with zero attached hydrogens (tertiary/aromatic N) is 5. The van der Waals surface area contributed by atoms with E-state index < -0.39 is 38.8 Å². The lowest BCUT2D eigenvalue weighted by atomic mass is 10.0. The molecule has 0 N–H and O–H groups in total. The number of ketones is 1. The van der Waals surface area contributed by atoms with Crippen molar-refractivity contribution in [3.63, 3.8) is 0 Å². The summed E-state index contributed by atoms with van der Waals surface area (Å²) in [4.78, 5) is 41.8. The van der Waals surface area contributed by atoms with E-state index in [0.29, 0.717) is 17.3 Å². The van der Waals surface area contributed by atoms with Gasteiger partial charge in [-0.15, -0.1) is 0 Å². The van der Waals surface area contributed by atoms with Gasteiger partial charge in [-0.25, -0.2) is 9.97 Å². The summed E-state index contributed by atoms with van der Waals surface area (Å²) in [6, 6.07) is 18.8. The Balaban J connectivity index is 1.71. The highest BCUT2D eigenvalue weighted by molar-refractivity contribution is 7.99. The fraction of sp³-hybridized carbons (Fsp3) is 0.0370. The van der Waals surface area contributed by atoms with Gasteiger partial charge < -0.3 is 0 Å². The molecular formula is C27H14F3N5O5S. The van der Waals surface area contributed by atoms with Gasteiger partial charge >= 0.3 is 6.18 Å². The molecular weight excluding hydrogens is 563 g/mol. The van der Waals surface area contributed by atoms with Crippen LogP contribution in [0.5, 0.6) is 0 Å². The molecule has 0 aliphatic rings. The van der Waals surface area contributed by atoms with Gasteiger partial charge in [0.15, 0.2) is 5.16 Å². The van der Waals surface area contributed by atoms with Crippen molar-refractivity contribution in [1.29, 1.82) is 5.26 Å². The van der Waals surface area contributed by atoms with Gasteiger partial charge in [-0.05, 0) is 35.5 Å². The van der Waals surface area contributed by atoms with Crippen LogP contribution in [0.2, 0.25) is 0 Å². The van der Waals surface area contributed by atoms with Gasteiger partial charge in [0.05, 0.1) is 20.4 Å². The number of aromatic nitrogens is 2. The molecule has 0 saturated carbocycles. The second-order valence-corrected chi connectivity index (χ2v) is 9.19. The Labute approximate surface area is 233 Å². The van der Waals surface area contributed by atoms with E-state index in [1.54, 1.807) is 36.4 Å². The largest absolute Gasteiger partial charge is 0.433 e. The summed E-state index contributed by atoms with van der Waals surface area (Å²) < 4.78 is 40.7. The van der Waals surface area contributed by atoms with Crippen molar-refractivity contribution in [2.45, 2.75) is 16.2 Å². The zero-order valence-corrected chi connectivity index (χ0v) is 21.2. The summed E-state index contributed by atoms with van der Waals surface area (Å²) in [5.41, 5.74) is -2.30. The molecule has 3 aromatic carbocycles. The zero-order valence-electron chi connectivity index (χ0n) is 20.4. The number of rotatable bonds is 8. The Morgan fingerprint density at radius 1 is 0.927 bits per heavy atom. The molecule has 0 aliphatic carbocycles. The van der Waals surface area contributed by atoms with E-state index in [1.807, 2.05) is 0 Å². The molecule has 14 heteroatoms. The van der Waals surface area contributed by atoms with Crippen LogP contribution >= 0.6 is 11.8 Å². The van der Waals surface area contributed by atoms with Crippen LogP contribution in [0.15, 0.2) is 94.5 Å². The van der Waals surface area contributed by atoms with Crippen LogP contribution in [0.4, 0.5) is 24.5 Å². The number of carbonyl (C=O) groups excluding carboxylic acids is 1. The molecule has 0 saturated heterocycles.